The van der Waals surface area contributed by atoms with E-state index in [0.29, 0.717) is 28.8 Å². The highest BCUT2D eigenvalue weighted by atomic mass is 16.7. The van der Waals surface area contributed by atoms with Crippen LogP contribution in [0.5, 0.6) is 0 Å². The third-order valence-corrected chi connectivity index (χ3v) is 11.6. The maximum absolute atomic E-state index is 10.3. The van der Waals surface area contributed by atoms with E-state index in [1.807, 2.05) is 6.26 Å². The predicted molar refractivity (Wildman–Crippen MR) is 117 cm³/mol. The van der Waals surface area contributed by atoms with Crippen molar-refractivity contribution in [3.63, 3.8) is 0 Å². The molecule has 4 aliphatic carbocycles. The van der Waals surface area contributed by atoms with Crippen LogP contribution >= 0.6 is 0 Å². The van der Waals surface area contributed by atoms with Gasteiger partial charge in [-0.1, -0.05) is 20.8 Å². The molecule has 1 N–H and O–H groups in total. The highest BCUT2D eigenvalue weighted by Gasteiger charge is 2.69. The molecule has 11 unspecified atom stereocenters. The first-order valence-corrected chi connectivity index (χ1v) is 13.0. The highest BCUT2D eigenvalue weighted by Crippen LogP contribution is 2.71. The molecular formula is C27H42O3. The van der Waals surface area contributed by atoms with Crippen molar-refractivity contribution in [3.05, 3.63) is 11.8 Å². The number of fused-ring (bicyclic) bond motifs is 7. The van der Waals surface area contributed by atoms with Crippen LogP contribution in [0.3, 0.4) is 0 Å². The van der Waals surface area contributed by atoms with Crippen LogP contribution in [0.25, 0.3) is 0 Å². The molecule has 4 saturated carbocycles. The number of allylic oxidation sites excluding steroid dienone is 1. The van der Waals surface area contributed by atoms with Gasteiger partial charge in [-0.05, 0) is 111 Å². The number of hydrogen-bond donors (Lipinski definition) is 1. The summed E-state index contributed by atoms with van der Waals surface area (Å²) in [6.07, 6.45) is 14.5. The minimum absolute atomic E-state index is 0.0436. The number of hydrogen-bond acceptors (Lipinski definition) is 3. The number of ether oxygens (including phenoxy) is 2. The van der Waals surface area contributed by atoms with Crippen molar-refractivity contribution in [1.29, 1.82) is 0 Å². The molecule has 30 heavy (non-hydrogen) atoms. The summed E-state index contributed by atoms with van der Waals surface area (Å²) >= 11 is 0. The van der Waals surface area contributed by atoms with E-state index in [9.17, 15) is 5.11 Å². The summed E-state index contributed by atoms with van der Waals surface area (Å²) in [5.41, 5.74) is 2.22. The van der Waals surface area contributed by atoms with Gasteiger partial charge in [0.2, 0.25) is 5.79 Å². The van der Waals surface area contributed by atoms with Crippen LogP contribution in [0.1, 0.15) is 91.9 Å². The van der Waals surface area contributed by atoms with Crippen LogP contribution in [-0.4, -0.2) is 23.1 Å². The van der Waals surface area contributed by atoms with Crippen LogP contribution < -0.4 is 0 Å². The molecule has 1 saturated heterocycles. The van der Waals surface area contributed by atoms with Gasteiger partial charge in [0.15, 0.2) is 0 Å². The molecule has 6 rings (SSSR count). The van der Waals surface area contributed by atoms with Crippen LogP contribution in [0, 0.1) is 46.3 Å². The van der Waals surface area contributed by atoms with E-state index < -0.39 is 0 Å². The minimum atomic E-state index is -0.358. The quantitative estimate of drug-likeness (QED) is 0.523. The molecule has 0 aromatic carbocycles. The zero-order chi connectivity index (χ0) is 20.9. The van der Waals surface area contributed by atoms with Crippen LogP contribution in [0.4, 0.5) is 0 Å². The molecule has 2 aliphatic heterocycles. The van der Waals surface area contributed by atoms with Gasteiger partial charge < -0.3 is 14.6 Å². The third-order valence-electron chi connectivity index (χ3n) is 11.6. The van der Waals surface area contributed by atoms with Crippen molar-refractivity contribution in [3.8, 4) is 0 Å². The summed E-state index contributed by atoms with van der Waals surface area (Å²) in [7, 11) is 0. The van der Waals surface area contributed by atoms with Crippen LogP contribution in [0.2, 0.25) is 0 Å². The molecule has 0 aromatic rings. The number of aliphatic hydroxyl groups excluding tert-OH is 1. The number of rotatable bonds is 0. The Kier molecular flexibility index (Phi) is 4.35. The average molecular weight is 415 g/mol. The molecule has 3 nitrogen and oxygen atoms in total. The summed E-state index contributed by atoms with van der Waals surface area (Å²) in [5, 5.41) is 10.3. The van der Waals surface area contributed by atoms with E-state index >= 15 is 0 Å². The highest BCUT2D eigenvalue weighted by molar-refractivity contribution is 5.16. The molecule has 1 spiro atoms. The summed E-state index contributed by atoms with van der Waals surface area (Å²) < 4.78 is 13.2. The summed E-state index contributed by atoms with van der Waals surface area (Å²) in [6, 6.07) is 0. The number of aliphatic hydroxyl groups is 1. The lowest BCUT2D eigenvalue weighted by atomic mass is 9.44. The maximum Gasteiger partial charge on any atom is 0.213 e. The fraction of sp³-hybridized carbons (Fsp3) is 0.926. The van der Waals surface area contributed by atoms with Crippen molar-refractivity contribution in [2.75, 3.05) is 0 Å². The van der Waals surface area contributed by atoms with E-state index in [0.717, 1.165) is 49.4 Å². The van der Waals surface area contributed by atoms with Gasteiger partial charge in [-0.3, -0.25) is 0 Å². The molecule has 0 radical (unpaired) electrons. The summed E-state index contributed by atoms with van der Waals surface area (Å²) in [6.45, 7) is 9.82. The van der Waals surface area contributed by atoms with E-state index in [1.165, 1.54) is 44.1 Å². The first-order chi connectivity index (χ1) is 14.3. The minimum Gasteiger partial charge on any atom is -0.470 e. The maximum atomic E-state index is 10.3. The predicted octanol–water partition coefficient (Wildman–Crippen LogP) is 6.06. The normalized spacial score (nSPS) is 59.6. The molecule has 0 bridgehead atoms. The molecule has 0 aromatic heterocycles. The fourth-order valence-corrected chi connectivity index (χ4v) is 10.0. The zero-order valence-corrected chi connectivity index (χ0v) is 19.5. The SMILES string of the molecule is CC1=COC2(CC1)OC1CC3C4CCC5CC(O)CCC5(C)C4CCC3(C)C1C2C. The largest absolute Gasteiger partial charge is 0.470 e. The Morgan fingerprint density at radius 2 is 1.77 bits per heavy atom. The Morgan fingerprint density at radius 3 is 2.53 bits per heavy atom. The van der Waals surface area contributed by atoms with Crippen molar-refractivity contribution in [1.82, 2.24) is 0 Å². The van der Waals surface area contributed by atoms with Gasteiger partial charge in [0.25, 0.3) is 0 Å². The van der Waals surface area contributed by atoms with Gasteiger partial charge in [-0.15, -0.1) is 0 Å². The Labute approximate surface area is 183 Å². The monoisotopic (exact) mass is 414 g/mol. The van der Waals surface area contributed by atoms with Crippen LogP contribution in [-0.2, 0) is 9.47 Å². The van der Waals surface area contributed by atoms with Gasteiger partial charge in [0, 0.05) is 12.3 Å². The lowest BCUT2D eigenvalue weighted by Gasteiger charge is -2.61. The second-order valence-electron chi connectivity index (χ2n) is 12.7. The second kappa shape index (κ2) is 6.50. The summed E-state index contributed by atoms with van der Waals surface area (Å²) in [5.74, 6) is 4.06. The molecule has 5 fully saturated rings. The Balaban J connectivity index is 1.27. The first-order valence-electron chi connectivity index (χ1n) is 13.0. The van der Waals surface area contributed by atoms with E-state index in [4.69, 9.17) is 9.47 Å². The van der Waals surface area contributed by atoms with E-state index in [-0.39, 0.29) is 11.9 Å². The van der Waals surface area contributed by atoms with Gasteiger partial charge in [-0.2, -0.15) is 0 Å². The van der Waals surface area contributed by atoms with Crippen LogP contribution in [0.15, 0.2) is 11.8 Å². The van der Waals surface area contributed by atoms with Gasteiger partial charge in [-0.25, -0.2) is 0 Å². The van der Waals surface area contributed by atoms with Crippen molar-refractivity contribution in [2.24, 2.45) is 46.3 Å². The second-order valence-corrected chi connectivity index (χ2v) is 12.7. The van der Waals surface area contributed by atoms with Crippen molar-refractivity contribution < 1.29 is 14.6 Å². The molecule has 168 valence electrons. The van der Waals surface area contributed by atoms with Crippen molar-refractivity contribution >= 4 is 0 Å². The van der Waals surface area contributed by atoms with E-state index in [1.54, 1.807) is 0 Å². The topological polar surface area (TPSA) is 38.7 Å². The summed E-state index contributed by atoms with van der Waals surface area (Å²) in [4.78, 5) is 0. The Bertz CT molecular complexity index is 746. The van der Waals surface area contributed by atoms with Crippen molar-refractivity contribution in [2.45, 2.75) is 110 Å². The Hall–Kier alpha value is -0.540. The third kappa shape index (κ3) is 2.51. The molecule has 11 atom stereocenters. The molecule has 6 aliphatic rings. The van der Waals surface area contributed by atoms with Gasteiger partial charge in [0.1, 0.15) is 0 Å². The van der Waals surface area contributed by atoms with E-state index in [2.05, 4.69) is 27.7 Å². The standard InChI is InChI=1S/C27H42O3/c1-16-7-12-27(29-15-16)17(2)24-23(30-27)14-22-20-6-5-18-13-19(28)8-10-25(18,3)21(20)9-11-26(22,24)4/h15,17-24,28H,5-14H2,1-4H3. The Morgan fingerprint density at radius 1 is 0.967 bits per heavy atom. The lowest BCUT2D eigenvalue weighted by molar-refractivity contribution is -0.229. The zero-order valence-electron chi connectivity index (χ0n) is 19.5. The molecule has 2 heterocycles. The van der Waals surface area contributed by atoms with Gasteiger partial charge >= 0.3 is 0 Å². The first kappa shape index (κ1) is 20.1. The molecule has 3 heteroatoms. The smallest absolute Gasteiger partial charge is 0.213 e. The molecule has 0 amide bonds. The fourth-order valence-electron chi connectivity index (χ4n) is 10.0. The van der Waals surface area contributed by atoms with Gasteiger partial charge in [0.05, 0.1) is 18.5 Å². The lowest BCUT2D eigenvalue weighted by Crippen LogP contribution is -2.54. The molecular weight excluding hydrogens is 372 g/mol. The average Bonchev–Trinajstić information content (AvgIpc) is 3.16.